The summed E-state index contributed by atoms with van der Waals surface area (Å²) in [4.78, 5) is 24.9. The normalized spacial score (nSPS) is 13.1. The first kappa shape index (κ1) is 20.6. The van der Waals surface area contributed by atoms with Crippen LogP contribution in [0.4, 0.5) is 0 Å². The molecule has 0 fully saturated rings. The molecule has 1 amide bonds. The fourth-order valence-electron chi connectivity index (χ4n) is 4.25. The van der Waals surface area contributed by atoms with E-state index in [4.69, 9.17) is 0 Å². The molecule has 31 heavy (non-hydrogen) atoms. The predicted octanol–water partition coefficient (Wildman–Crippen LogP) is 5.50. The van der Waals surface area contributed by atoms with Gasteiger partial charge in [0.15, 0.2) is 0 Å². The van der Waals surface area contributed by atoms with E-state index in [1.54, 1.807) is 6.92 Å². The van der Waals surface area contributed by atoms with Crippen molar-refractivity contribution in [1.29, 1.82) is 0 Å². The first-order valence-electron chi connectivity index (χ1n) is 10.5. The van der Waals surface area contributed by atoms with Crippen molar-refractivity contribution in [3.63, 3.8) is 0 Å². The van der Waals surface area contributed by atoms with E-state index in [1.807, 2.05) is 84.9 Å². The maximum absolute atomic E-state index is 12.5. The number of carboxylic acid groups (broad SMARTS) is 1. The number of nitrogens with one attached hydrogen (secondary N) is 1. The van der Waals surface area contributed by atoms with Crippen molar-refractivity contribution < 1.29 is 14.7 Å². The Morgan fingerprint density at radius 3 is 2.06 bits per heavy atom. The number of aliphatic carboxylic acids is 1. The van der Waals surface area contributed by atoms with Crippen LogP contribution in [0.5, 0.6) is 0 Å². The van der Waals surface area contributed by atoms with Gasteiger partial charge in [0.1, 0.15) is 0 Å². The lowest BCUT2D eigenvalue weighted by Crippen LogP contribution is -2.37. The number of hydrogen-bond acceptors (Lipinski definition) is 2. The van der Waals surface area contributed by atoms with Crippen LogP contribution in [0.25, 0.3) is 21.5 Å². The molecule has 0 bridgehead atoms. The molecule has 156 valence electrons. The summed E-state index contributed by atoms with van der Waals surface area (Å²) in [6, 6.07) is 27.0. The maximum atomic E-state index is 12.5. The second-order valence-corrected chi connectivity index (χ2v) is 7.75. The molecular formula is C27H25NO3. The number of carboxylic acids is 1. The van der Waals surface area contributed by atoms with Gasteiger partial charge in [0, 0.05) is 6.42 Å². The number of benzene rings is 4. The predicted molar refractivity (Wildman–Crippen MR) is 124 cm³/mol. The van der Waals surface area contributed by atoms with Gasteiger partial charge in [0.05, 0.1) is 12.0 Å². The molecule has 0 saturated heterocycles. The molecular weight excluding hydrogens is 386 g/mol. The van der Waals surface area contributed by atoms with Crippen LogP contribution in [0.3, 0.4) is 0 Å². The molecule has 0 aliphatic carbocycles. The van der Waals surface area contributed by atoms with Gasteiger partial charge in [0.2, 0.25) is 5.91 Å². The first-order valence-corrected chi connectivity index (χ1v) is 10.5. The quantitative estimate of drug-likeness (QED) is 0.422. The number of fused-ring (bicyclic) bond motifs is 2. The lowest BCUT2D eigenvalue weighted by molar-refractivity contribution is -0.143. The molecule has 0 saturated carbocycles. The largest absolute Gasteiger partial charge is 0.481 e. The zero-order valence-corrected chi connectivity index (χ0v) is 17.4. The third kappa shape index (κ3) is 4.29. The van der Waals surface area contributed by atoms with E-state index in [-0.39, 0.29) is 5.91 Å². The van der Waals surface area contributed by atoms with Crippen LogP contribution >= 0.6 is 0 Å². The van der Waals surface area contributed by atoms with E-state index in [0.717, 1.165) is 32.7 Å². The highest BCUT2D eigenvalue weighted by Gasteiger charge is 2.32. The van der Waals surface area contributed by atoms with E-state index in [2.05, 4.69) is 5.32 Å². The molecule has 4 rings (SSSR count). The third-order valence-corrected chi connectivity index (χ3v) is 5.84. The van der Waals surface area contributed by atoms with Crippen molar-refractivity contribution in [2.75, 3.05) is 0 Å². The van der Waals surface area contributed by atoms with Gasteiger partial charge in [-0.15, -0.1) is 0 Å². The SMILES string of the molecule is CCC(=O)NC(c1cccc2ccccc12)C(Cc1cccc2ccccc12)C(=O)O. The molecule has 0 aromatic heterocycles. The van der Waals surface area contributed by atoms with E-state index in [0.29, 0.717) is 12.8 Å². The van der Waals surface area contributed by atoms with Gasteiger partial charge in [-0.3, -0.25) is 9.59 Å². The number of carbonyl (C=O) groups is 2. The average Bonchev–Trinajstić information content (AvgIpc) is 2.80. The van der Waals surface area contributed by atoms with Gasteiger partial charge >= 0.3 is 5.97 Å². The smallest absolute Gasteiger partial charge is 0.309 e. The van der Waals surface area contributed by atoms with Crippen LogP contribution < -0.4 is 5.32 Å². The lowest BCUT2D eigenvalue weighted by atomic mass is 9.84. The maximum Gasteiger partial charge on any atom is 0.309 e. The van der Waals surface area contributed by atoms with Crippen LogP contribution in [0.15, 0.2) is 84.9 Å². The van der Waals surface area contributed by atoms with Gasteiger partial charge < -0.3 is 10.4 Å². The molecule has 4 nitrogen and oxygen atoms in total. The molecule has 2 unspecified atom stereocenters. The zero-order chi connectivity index (χ0) is 21.8. The minimum atomic E-state index is -0.928. The molecule has 4 heteroatoms. The van der Waals surface area contributed by atoms with Gasteiger partial charge in [-0.1, -0.05) is 91.9 Å². The fourth-order valence-corrected chi connectivity index (χ4v) is 4.25. The number of carbonyl (C=O) groups excluding carboxylic acids is 1. The average molecular weight is 412 g/mol. The Morgan fingerprint density at radius 1 is 0.806 bits per heavy atom. The topological polar surface area (TPSA) is 66.4 Å². The molecule has 0 aliphatic heterocycles. The summed E-state index contributed by atoms with van der Waals surface area (Å²) in [5, 5.41) is 17.3. The summed E-state index contributed by atoms with van der Waals surface area (Å²) in [7, 11) is 0. The second-order valence-electron chi connectivity index (χ2n) is 7.75. The Hall–Kier alpha value is -3.66. The molecule has 0 radical (unpaired) electrons. The molecule has 4 aromatic carbocycles. The van der Waals surface area contributed by atoms with Crippen molar-refractivity contribution in [3.05, 3.63) is 96.1 Å². The van der Waals surface area contributed by atoms with Crippen molar-refractivity contribution in [2.45, 2.75) is 25.8 Å². The van der Waals surface area contributed by atoms with E-state index < -0.39 is 17.9 Å². The molecule has 0 heterocycles. The minimum absolute atomic E-state index is 0.165. The summed E-state index contributed by atoms with van der Waals surface area (Å²) < 4.78 is 0. The van der Waals surface area contributed by atoms with E-state index >= 15 is 0 Å². The Morgan fingerprint density at radius 2 is 1.39 bits per heavy atom. The van der Waals surface area contributed by atoms with E-state index in [1.165, 1.54) is 0 Å². The Kier molecular flexibility index (Phi) is 5.99. The summed E-state index contributed by atoms with van der Waals surface area (Å²) in [6.07, 6.45) is 0.608. The van der Waals surface area contributed by atoms with Gasteiger partial charge in [0.25, 0.3) is 0 Å². The summed E-state index contributed by atoms with van der Waals surface area (Å²) >= 11 is 0. The second kappa shape index (κ2) is 9.00. The zero-order valence-electron chi connectivity index (χ0n) is 17.4. The summed E-state index contributed by atoms with van der Waals surface area (Å²) in [5.74, 6) is -1.91. The third-order valence-electron chi connectivity index (χ3n) is 5.84. The van der Waals surface area contributed by atoms with Crippen LogP contribution in [-0.4, -0.2) is 17.0 Å². The fraction of sp³-hybridized carbons (Fsp3) is 0.185. The van der Waals surface area contributed by atoms with Crippen molar-refractivity contribution in [3.8, 4) is 0 Å². The monoisotopic (exact) mass is 411 g/mol. The summed E-state index contributed by atoms with van der Waals surface area (Å²) in [6.45, 7) is 1.77. The van der Waals surface area contributed by atoms with Gasteiger partial charge in [-0.2, -0.15) is 0 Å². The van der Waals surface area contributed by atoms with Crippen molar-refractivity contribution in [2.24, 2.45) is 5.92 Å². The Bertz CT molecular complexity index is 1240. The van der Waals surface area contributed by atoms with Crippen LogP contribution in [0.1, 0.15) is 30.5 Å². The molecule has 4 aromatic rings. The Balaban J connectivity index is 1.82. The number of amides is 1. The first-order chi connectivity index (χ1) is 15.1. The minimum Gasteiger partial charge on any atom is -0.481 e. The highest BCUT2D eigenvalue weighted by molar-refractivity contribution is 5.89. The van der Waals surface area contributed by atoms with Crippen LogP contribution in [0.2, 0.25) is 0 Å². The van der Waals surface area contributed by atoms with Crippen LogP contribution in [0, 0.1) is 5.92 Å². The highest BCUT2D eigenvalue weighted by Crippen LogP contribution is 2.33. The highest BCUT2D eigenvalue weighted by atomic mass is 16.4. The van der Waals surface area contributed by atoms with Gasteiger partial charge in [-0.25, -0.2) is 0 Å². The molecule has 2 atom stereocenters. The van der Waals surface area contributed by atoms with Gasteiger partial charge in [-0.05, 0) is 39.1 Å². The molecule has 0 spiro atoms. The number of rotatable bonds is 7. The summed E-state index contributed by atoms with van der Waals surface area (Å²) in [5.41, 5.74) is 1.79. The Labute approximate surface area is 181 Å². The number of hydrogen-bond donors (Lipinski definition) is 2. The standard InChI is InChI=1S/C27H25NO3/c1-2-25(29)28-26(23-16-8-12-19-10-4-6-15-22(19)23)24(27(30)31)17-20-13-7-11-18-9-3-5-14-21(18)20/h3-16,24,26H,2,17H2,1H3,(H,28,29)(H,30,31). The van der Waals surface area contributed by atoms with Crippen molar-refractivity contribution in [1.82, 2.24) is 5.32 Å². The lowest BCUT2D eigenvalue weighted by Gasteiger charge is -2.27. The van der Waals surface area contributed by atoms with Crippen LogP contribution in [-0.2, 0) is 16.0 Å². The van der Waals surface area contributed by atoms with Crippen molar-refractivity contribution >= 4 is 33.4 Å². The molecule has 2 N–H and O–H groups in total. The van der Waals surface area contributed by atoms with E-state index in [9.17, 15) is 14.7 Å². The molecule has 0 aliphatic rings.